The number of hydrogen-bond donors (Lipinski definition) is 2. The number of hydrogen-bond acceptors (Lipinski definition) is 5. The van der Waals surface area contributed by atoms with Crippen molar-refractivity contribution in [3.63, 3.8) is 0 Å². The zero-order chi connectivity index (χ0) is 18.7. The van der Waals surface area contributed by atoms with Crippen LogP contribution >= 0.6 is 11.3 Å². The van der Waals surface area contributed by atoms with Crippen LogP contribution in [0, 0.1) is 0 Å². The van der Waals surface area contributed by atoms with Crippen LogP contribution in [0.1, 0.15) is 10.4 Å². The van der Waals surface area contributed by atoms with Crippen LogP contribution in [0.25, 0.3) is 6.08 Å². The number of nitrogens with zero attached hydrogens (tertiary/aromatic N) is 1. The predicted molar refractivity (Wildman–Crippen MR) is 89.7 cm³/mol. The molecule has 0 unspecified atom stereocenters. The number of carbonyl (C=O) groups excluding carboxylic acids is 1. The summed E-state index contributed by atoms with van der Waals surface area (Å²) >= 11 is 1.37. The van der Waals surface area contributed by atoms with E-state index in [-0.39, 0.29) is 0 Å². The monoisotopic (exact) mass is 391 g/mol. The summed E-state index contributed by atoms with van der Waals surface area (Å²) in [5.41, 5.74) is -1.52. The highest BCUT2D eigenvalue weighted by molar-refractivity contribution is 7.92. The average Bonchev–Trinajstić information content (AvgIpc) is 2.97. The molecule has 0 bridgehead atoms. The zero-order valence-corrected chi connectivity index (χ0v) is 14.3. The molecule has 0 saturated heterocycles. The molecule has 6 nitrogen and oxygen atoms in total. The molecule has 0 aliphatic carbocycles. The van der Waals surface area contributed by atoms with E-state index in [1.54, 1.807) is 17.5 Å². The lowest BCUT2D eigenvalue weighted by Crippen LogP contribution is -2.17. The van der Waals surface area contributed by atoms with Gasteiger partial charge in [0.25, 0.3) is 0 Å². The lowest BCUT2D eigenvalue weighted by atomic mass is 10.2. The van der Waals surface area contributed by atoms with Crippen LogP contribution in [-0.2, 0) is 21.0 Å². The molecule has 0 radical (unpaired) electrons. The molecule has 0 aliphatic rings. The van der Waals surface area contributed by atoms with Gasteiger partial charge >= 0.3 is 6.18 Å². The molecule has 2 aromatic heterocycles. The van der Waals surface area contributed by atoms with E-state index >= 15 is 0 Å². The van der Waals surface area contributed by atoms with Gasteiger partial charge in [0.2, 0.25) is 15.9 Å². The second-order valence-corrected chi connectivity index (χ2v) is 7.56. The van der Waals surface area contributed by atoms with Crippen LogP contribution in [0.15, 0.2) is 35.9 Å². The fourth-order valence-electron chi connectivity index (χ4n) is 1.69. The van der Waals surface area contributed by atoms with Gasteiger partial charge in [0, 0.05) is 17.2 Å². The molecule has 2 rings (SSSR count). The van der Waals surface area contributed by atoms with Crippen molar-refractivity contribution in [3.8, 4) is 0 Å². The number of sulfonamides is 1. The minimum Gasteiger partial charge on any atom is -0.319 e. The fraction of sp³-hybridized carbons (Fsp3) is 0.143. The third-order valence-electron chi connectivity index (χ3n) is 2.70. The van der Waals surface area contributed by atoms with Crippen LogP contribution in [-0.4, -0.2) is 25.6 Å². The van der Waals surface area contributed by atoms with Crippen molar-refractivity contribution < 1.29 is 26.4 Å². The molecule has 1 amide bonds. The van der Waals surface area contributed by atoms with Gasteiger partial charge in [0.1, 0.15) is 0 Å². The van der Waals surface area contributed by atoms with Gasteiger partial charge in [-0.3, -0.25) is 9.52 Å². The average molecular weight is 391 g/mol. The molecule has 0 spiro atoms. The van der Waals surface area contributed by atoms with Gasteiger partial charge in [-0.1, -0.05) is 6.07 Å². The minimum absolute atomic E-state index is 0.402. The molecular weight excluding hydrogens is 379 g/mol. The number of amides is 1. The number of thiophene rings is 1. The van der Waals surface area contributed by atoms with E-state index in [9.17, 15) is 26.4 Å². The number of alkyl halides is 3. The maximum absolute atomic E-state index is 12.8. The van der Waals surface area contributed by atoms with Gasteiger partial charge in [-0.05, 0) is 23.6 Å². The highest BCUT2D eigenvalue weighted by Gasteiger charge is 2.32. The first-order valence-electron chi connectivity index (χ1n) is 6.62. The third kappa shape index (κ3) is 5.87. The number of anilines is 2. The molecule has 0 saturated carbocycles. The fourth-order valence-corrected chi connectivity index (χ4v) is 2.82. The SMILES string of the molecule is CS(=O)(=O)Nc1ncc(C(F)(F)F)cc1NC(=O)/C=C/c1cccs1. The Morgan fingerprint density at radius 2 is 2.08 bits per heavy atom. The number of rotatable bonds is 5. The van der Waals surface area contributed by atoms with Crippen molar-refractivity contribution >= 4 is 44.8 Å². The van der Waals surface area contributed by atoms with Crippen LogP contribution in [0.3, 0.4) is 0 Å². The lowest BCUT2D eigenvalue weighted by Gasteiger charge is -2.13. The summed E-state index contributed by atoms with van der Waals surface area (Å²) in [7, 11) is -3.79. The summed E-state index contributed by atoms with van der Waals surface area (Å²) in [5, 5.41) is 3.99. The van der Waals surface area contributed by atoms with Gasteiger partial charge in [0.15, 0.2) is 5.82 Å². The molecule has 0 aromatic carbocycles. The maximum atomic E-state index is 12.8. The maximum Gasteiger partial charge on any atom is 0.417 e. The first kappa shape index (κ1) is 18.9. The van der Waals surface area contributed by atoms with Crippen molar-refractivity contribution in [2.24, 2.45) is 0 Å². The highest BCUT2D eigenvalue weighted by Crippen LogP contribution is 2.32. The van der Waals surface area contributed by atoms with E-state index in [0.717, 1.165) is 17.2 Å². The summed E-state index contributed by atoms with van der Waals surface area (Å²) in [4.78, 5) is 16.1. The summed E-state index contributed by atoms with van der Waals surface area (Å²) in [5.74, 6) is -1.14. The Labute approximate surface area is 145 Å². The molecular formula is C14H12F3N3O3S2. The first-order valence-corrected chi connectivity index (χ1v) is 9.39. The van der Waals surface area contributed by atoms with Crippen molar-refractivity contribution in [2.45, 2.75) is 6.18 Å². The van der Waals surface area contributed by atoms with E-state index < -0.39 is 39.2 Å². The Hall–Kier alpha value is -2.40. The number of halogens is 3. The number of pyridine rings is 1. The Morgan fingerprint density at radius 3 is 2.64 bits per heavy atom. The number of carbonyl (C=O) groups is 1. The van der Waals surface area contributed by atoms with E-state index in [1.807, 2.05) is 4.72 Å². The number of aromatic nitrogens is 1. The van der Waals surface area contributed by atoms with Gasteiger partial charge in [-0.2, -0.15) is 13.2 Å². The van der Waals surface area contributed by atoms with Crippen molar-refractivity contribution in [1.82, 2.24) is 4.98 Å². The van der Waals surface area contributed by atoms with Gasteiger partial charge in [0.05, 0.1) is 17.5 Å². The van der Waals surface area contributed by atoms with Crippen molar-refractivity contribution in [1.29, 1.82) is 0 Å². The van der Waals surface area contributed by atoms with Crippen LogP contribution < -0.4 is 10.0 Å². The third-order valence-corrected chi connectivity index (χ3v) is 4.10. The second kappa shape index (κ2) is 7.23. The summed E-state index contributed by atoms with van der Waals surface area (Å²) in [6, 6.07) is 4.13. The first-order chi connectivity index (χ1) is 11.5. The normalized spacial score (nSPS) is 12.3. The standard InChI is InChI=1S/C14H12F3N3O3S2/c1-25(22,23)20-13-11(7-9(8-18-13)14(15,16)17)19-12(21)5-4-10-3-2-6-24-10/h2-8H,1H3,(H,18,20)(H,19,21)/b5-4+. The lowest BCUT2D eigenvalue weighted by molar-refractivity contribution is -0.137. The molecule has 0 fully saturated rings. The molecule has 2 heterocycles. The van der Waals surface area contributed by atoms with E-state index in [1.165, 1.54) is 17.4 Å². The van der Waals surface area contributed by atoms with Gasteiger partial charge in [-0.25, -0.2) is 13.4 Å². The van der Waals surface area contributed by atoms with Gasteiger partial charge < -0.3 is 5.32 Å². The molecule has 0 atom stereocenters. The van der Waals surface area contributed by atoms with Crippen molar-refractivity contribution in [2.75, 3.05) is 16.3 Å². The van der Waals surface area contributed by atoms with Crippen LogP contribution in [0.4, 0.5) is 24.7 Å². The molecule has 25 heavy (non-hydrogen) atoms. The summed E-state index contributed by atoms with van der Waals surface area (Å²) in [6.45, 7) is 0. The predicted octanol–water partition coefficient (Wildman–Crippen LogP) is 3.19. The van der Waals surface area contributed by atoms with Crippen LogP contribution in [0.5, 0.6) is 0 Å². The smallest absolute Gasteiger partial charge is 0.319 e. The minimum atomic E-state index is -4.69. The Balaban J connectivity index is 2.30. The summed E-state index contributed by atoms with van der Waals surface area (Å²) in [6.07, 6.45) is -0.802. The molecule has 2 N–H and O–H groups in total. The molecule has 2 aromatic rings. The molecule has 134 valence electrons. The zero-order valence-electron chi connectivity index (χ0n) is 12.7. The largest absolute Gasteiger partial charge is 0.417 e. The summed E-state index contributed by atoms with van der Waals surface area (Å²) < 4.78 is 63.0. The van der Waals surface area contributed by atoms with Crippen LogP contribution in [0.2, 0.25) is 0 Å². The van der Waals surface area contributed by atoms with E-state index in [2.05, 4.69) is 10.3 Å². The highest BCUT2D eigenvalue weighted by atomic mass is 32.2. The number of nitrogens with one attached hydrogen (secondary N) is 2. The Kier molecular flexibility index (Phi) is 5.48. The molecule has 11 heteroatoms. The Bertz CT molecular complexity index is 892. The second-order valence-electron chi connectivity index (χ2n) is 4.83. The quantitative estimate of drug-likeness (QED) is 0.767. The molecule has 0 aliphatic heterocycles. The van der Waals surface area contributed by atoms with E-state index in [4.69, 9.17) is 0 Å². The Morgan fingerprint density at radius 1 is 1.36 bits per heavy atom. The van der Waals surface area contributed by atoms with Gasteiger partial charge in [-0.15, -0.1) is 11.3 Å². The topological polar surface area (TPSA) is 88.2 Å². The van der Waals surface area contributed by atoms with Crippen molar-refractivity contribution in [3.05, 3.63) is 46.3 Å². The van der Waals surface area contributed by atoms with E-state index in [0.29, 0.717) is 12.3 Å².